The molecule has 2 aliphatic carbocycles. The molecule has 0 N–H and O–H groups in total. The molecule has 2 heteroatoms. The second-order valence-electron chi connectivity index (χ2n) is 8.56. The summed E-state index contributed by atoms with van der Waals surface area (Å²) in [4.78, 5) is 15.7. The molecule has 1 aromatic heterocycles. The molecule has 0 amide bonds. The van der Waals surface area contributed by atoms with Crippen LogP contribution in [0.1, 0.15) is 92.4 Å². The summed E-state index contributed by atoms with van der Waals surface area (Å²) in [5.41, 5.74) is 2.80. The van der Waals surface area contributed by atoms with E-state index in [1.54, 1.807) is 0 Å². The van der Waals surface area contributed by atoms with Crippen LogP contribution in [0.4, 0.5) is 0 Å². The van der Waals surface area contributed by atoms with Crippen molar-refractivity contribution in [2.24, 2.45) is 5.92 Å². The SMILES string of the molecule is CC(C)(C)c1sc(C(C)(C)C)c2c1C(=O)C1CCCC21. The third kappa shape index (κ3) is 1.91. The van der Waals surface area contributed by atoms with E-state index in [1.165, 1.54) is 28.2 Å². The fraction of sp³-hybridized carbons (Fsp3) is 0.722. The molecule has 0 saturated heterocycles. The van der Waals surface area contributed by atoms with Crippen molar-refractivity contribution in [2.75, 3.05) is 0 Å². The molecule has 1 nitrogen and oxygen atoms in total. The van der Waals surface area contributed by atoms with E-state index in [2.05, 4.69) is 41.5 Å². The van der Waals surface area contributed by atoms with Gasteiger partial charge in [-0.3, -0.25) is 4.79 Å². The number of thiophene rings is 1. The molecule has 110 valence electrons. The quantitative estimate of drug-likeness (QED) is 0.623. The first kappa shape index (κ1) is 14.3. The van der Waals surface area contributed by atoms with Crippen LogP contribution in [0, 0.1) is 5.92 Å². The van der Waals surface area contributed by atoms with Crippen molar-refractivity contribution in [3.8, 4) is 0 Å². The molecule has 0 spiro atoms. The summed E-state index contributed by atoms with van der Waals surface area (Å²) >= 11 is 1.91. The van der Waals surface area contributed by atoms with E-state index < -0.39 is 0 Å². The van der Waals surface area contributed by atoms with Crippen molar-refractivity contribution in [3.05, 3.63) is 20.9 Å². The van der Waals surface area contributed by atoms with Gasteiger partial charge in [-0.15, -0.1) is 11.3 Å². The van der Waals surface area contributed by atoms with Crippen LogP contribution in [-0.4, -0.2) is 5.78 Å². The van der Waals surface area contributed by atoms with E-state index in [4.69, 9.17) is 0 Å². The highest BCUT2D eigenvalue weighted by molar-refractivity contribution is 7.13. The Kier molecular flexibility index (Phi) is 3.00. The summed E-state index contributed by atoms with van der Waals surface area (Å²) < 4.78 is 0. The van der Waals surface area contributed by atoms with E-state index in [9.17, 15) is 4.79 Å². The van der Waals surface area contributed by atoms with Crippen LogP contribution >= 0.6 is 11.3 Å². The predicted octanol–water partition coefficient (Wildman–Crippen LogP) is 5.42. The Hall–Kier alpha value is -0.630. The summed E-state index contributed by atoms with van der Waals surface area (Å²) in [5.74, 6) is 1.29. The van der Waals surface area contributed by atoms with Gasteiger partial charge in [-0.2, -0.15) is 0 Å². The minimum Gasteiger partial charge on any atom is -0.294 e. The van der Waals surface area contributed by atoms with Gasteiger partial charge < -0.3 is 0 Å². The number of Topliss-reactive ketones (excluding diaryl/α,β-unsaturated/α-hetero) is 1. The van der Waals surface area contributed by atoms with Crippen LogP contribution in [0.5, 0.6) is 0 Å². The van der Waals surface area contributed by atoms with Gasteiger partial charge in [-0.05, 0) is 35.2 Å². The number of hydrogen-bond donors (Lipinski definition) is 0. The molecule has 1 fully saturated rings. The van der Waals surface area contributed by atoms with Crippen LogP contribution in [0.25, 0.3) is 0 Å². The van der Waals surface area contributed by atoms with E-state index in [1.807, 2.05) is 11.3 Å². The zero-order valence-corrected chi connectivity index (χ0v) is 14.4. The van der Waals surface area contributed by atoms with Crippen LogP contribution in [0.3, 0.4) is 0 Å². The molecule has 0 aliphatic heterocycles. The third-order valence-electron chi connectivity index (χ3n) is 4.78. The van der Waals surface area contributed by atoms with Gasteiger partial charge in [0.2, 0.25) is 0 Å². The zero-order valence-electron chi connectivity index (χ0n) is 13.6. The highest BCUT2D eigenvalue weighted by atomic mass is 32.1. The average Bonchev–Trinajstić information content (AvgIpc) is 2.92. The first-order valence-corrected chi connectivity index (χ1v) is 8.66. The number of carbonyl (C=O) groups excluding carboxylic acids is 1. The fourth-order valence-electron chi connectivity index (χ4n) is 3.93. The number of fused-ring (bicyclic) bond motifs is 3. The Morgan fingerprint density at radius 1 is 0.900 bits per heavy atom. The fourth-order valence-corrected chi connectivity index (χ4v) is 5.42. The van der Waals surface area contributed by atoms with Crippen LogP contribution in [0.2, 0.25) is 0 Å². The molecule has 1 saturated carbocycles. The average molecular weight is 290 g/mol. The molecule has 2 aliphatic rings. The summed E-state index contributed by atoms with van der Waals surface area (Å²) in [5, 5.41) is 0. The normalized spacial score (nSPS) is 26.0. The predicted molar refractivity (Wildman–Crippen MR) is 86.1 cm³/mol. The lowest BCUT2D eigenvalue weighted by molar-refractivity contribution is 0.0931. The number of hydrogen-bond acceptors (Lipinski definition) is 2. The lowest BCUT2D eigenvalue weighted by Gasteiger charge is -2.22. The molecule has 0 bridgehead atoms. The summed E-state index contributed by atoms with van der Waals surface area (Å²) in [6, 6.07) is 0. The highest BCUT2D eigenvalue weighted by Gasteiger charge is 2.48. The van der Waals surface area contributed by atoms with Crippen LogP contribution in [-0.2, 0) is 10.8 Å². The molecule has 2 atom stereocenters. The van der Waals surface area contributed by atoms with E-state index in [0.29, 0.717) is 17.6 Å². The van der Waals surface area contributed by atoms with Crippen LogP contribution in [0.15, 0.2) is 0 Å². The molecular weight excluding hydrogens is 264 g/mol. The molecule has 1 aromatic rings. The maximum Gasteiger partial charge on any atom is 0.167 e. The molecule has 1 heterocycles. The molecule has 20 heavy (non-hydrogen) atoms. The maximum absolute atomic E-state index is 12.9. The Labute approximate surface area is 126 Å². The standard InChI is InChI=1S/C18H26OS/c1-17(2,3)15-12-10-8-7-9-11(10)14(19)13(12)16(20-15)18(4,5)6/h10-11H,7-9H2,1-6H3. The van der Waals surface area contributed by atoms with Crippen molar-refractivity contribution in [2.45, 2.75) is 77.6 Å². The van der Waals surface area contributed by atoms with Gasteiger partial charge in [0.15, 0.2) is 5.78 Å². The minimum atomic E-state index is 0.0759. The summed E-state index contributed by atoms with van der Waals surface area (Å²) in [6.07, 6.45) is 3.55. The van der Waals surface area contributed by atoms with Crippen molar-refractivity contribution in [1.82, 2.24) is 0 Å². The van der Waals surface area contributed by atoms with Crippen molar-refractivity contribution in [3.63, 3.8) is 0 Å². The topological polar surface area (TPSA) is 17.1 Å². The Morgan fingerprint density at radius 3 is 2.00 bits per heavy atom. The molecular formula is C18H26OS. The summed E-state index contributed by atoms with van der Waals surface area (Å²) in [7, 11) is 0. The maximum atomic E-state index is 12.9. The van der Waals surface area contributed by atoms with Gasteiger partial charge in [0.1, 0.15) is 0 Å². The number of rotatable bonds is 0. The van der Waals surface area contributed by atoms with Crippen molar-refractivity contribution in [1.29, 1.82) is 0 Å². The van der Waals surface area contributed by atoms with E-state index in [0.717, 1.165) is 12.0 Å². The Bertz CT molecular complexity index is 565. The van der Waals surface area contributed by atoms with Gasteiger partial charge in [0.25, 0.3) is 0 Å². The smallest absolute Gasteiger partial charge is 0.167 e. The second kappa shape index (κ2) is 4.19. The zero-order chi connectivity index (χ0) is 14.9. The monoisotopic (exact) mass is 290 g/mol. The second-order valence-corrected chi connectivity index (χ2v) is 9.58. The molecule has 3 rings (SSSR count). The van der Waals surface area contributed by atoms with E-state index in [-0.39, 0.29) is 10.8 Å². The first-order valence-electron chi connectivity index (χ1n) is 7.84. The van der Waals surface area contributed by atoms with E-state index >= 15 is 0 Å². The van der Waals surface area contributed by atoms with Crippen LogP contribution < -0.4 is 0 Å². The third-order valence-corrected chi connectivity index (χ3v) is 6.83. The van der Waals surface area contributed by atoms with Gasteiger partial charge >= 0.3 is 0 Å². The largest absolute Gasteiger partial charge is 0.294 e. The number of carbonyl (C=O) groups is 1. The van der Waals surface area contributed by atoms with Crippen molar-refractivity contribution >= 4 is 17.1 Å². The molecule has 0 radical (unpaired) electrons. The van der Waals surface area contributed by atoms with Gasteiger partial charge in [0, 0.05) is 21.2 Å². The minimum absolute atomic E-state index is 0.0759. The number of ketones is 1. The Balaban J connectivity index is 2.27. The van der Waals surface area contributed by atoms with Crippen molar-refractivity contribution < 1.29 is 4.79 Å². The van der Waals surface area contributed by atoms with Gasteiger partial charge in [-0.1, -0.05) is 48.0 Å². The van der Waals surface area contributed by atoms with Gasteiger partial charge in [0.05, 0.1) is 0 Å². The Morgan fingerprint density at radius 2 is 1.45 bits per heavy atom. The molecule has 2 unspecified atom stereocenters. The van der Waals surface area contributed by atoms with Gasteiger partial charge in [-0.25, -0.2) is 0 Å². The highest BCUT2D eigenvalue weighted by Crippen LogP contribution is 2.56. The lowest BCUT2D eigenvalue weighted by Crippen LogP contribution is -2.16. The first-order chi connectivity index (χ1) is 9.12. The lowest BCUT2D eigenvalue weighted by atomic mass is 9.85. The molecule has 0 aromatic carbocycles. The summed E-state index contributed by atoms with van der Waals surface area (Å²) in [6.45, 7) is 13.6.